The first-order chi connectivity index (χ1) is 11.3. The van der Waals surface area contributed by atoms with Crippen molar-refractivity contribution in [2.45, 2.75) is 13.2 Å². The van der Waals surface area contributed by atoms with Crippen molar-refractivity contribution in [3.05, 3.63) is 72.1 Å². The van der Waals surface area contributed by atoms with E-state index in [4.69, 9.17) is 9.52 Å². The topological polar surface area (TPSA) is 64.1 Å². The van der Waals surface area contributed by atoms with Gasteiger partial charge in [0.2, 0.25) is 5.89 Å². The maximum absolute atomic E-state index is 9.16. The fourth-order valence-corrected chi connectivity index (χ4v) is 2.65. The van der Waals surface area contributed by atoms with Crippen LogP contribution in [-0.2, 0) is 13.2 Å². The molecular weight excluding hydrogens is 290 g/mol. The van der Waals surface area contributed by atoms with Crippen LogP contribution in [0, 0.1) is 0 Å². The summed E-state index contributed by atoms with van der Waals surface area (Å²) in [6.07, 6.45) is 1.46. The van der Waals surface area contributed by atoms with Crippen LogP contribution >= 0.6 is 0 Å². The lowest BCUT2D eigenvalue weighted by Gasteiger charge is -2.03. The van der Waals surface area contributed by atoms with E-state index in [0.717, 1.165) is 10.9 Å². The number of hydrogen-bond donors (Lipinski definition) is 1. The zero-order valence-corrected chi connectivity index (χ0v) is 12.4. The molecule has 5 nitrogen and oxygen atoms in total. The quantitative estimate of drug-likeness (QED) is 0.628. The zero-order valence-electron chi connectivity index (χ0n) is 12.4. The van der Waals surface area contributed by atoms with Crippen LogP contribution < -0.4 is 0 Å². The Balaban J connectivity index is 1.83. The summed E-state index contributed by atoms with van der Waals surface area (Å²) in [4.78, 5) is 4.28. The monoisotopic (exact) mass is 305 g/mol. The highest BCUT2D eigenvalue weighted by molar-refractivity contribution is 5.91. The van der Waals surface area contributed by atoms with Crippen molar-refractivity contribution in [3.63, 3.8) is 0 Å². The van der Waals surface area contributed by atoms with Crippen LogP contribution in [0.5, 0.6) is 0 Å². The molecule has 0 spiro atoms. The molecule has 0 radical (unpaired) electrons. The van der Waals surface area contributed by atoms with Crippen molar-refractivity contribution in [1.82, 2.24) is 14.8 Å². The minimum Gasteiger partial charge on any atom is -0.443 e. The molecule has 2 aromatic carbocycles. The summed E-state index contributed by atoms with van der Waals surface area (Å²) in [6.45, 7) is 0.529. The Hall–Kier alpha value is -2.92. The smallest absolute Gasteiger partial charge is 0.247 e. The van der Waals surface area contributed by atoms with Gasteiger partial charge in [-0.25, -0.2) is 4.98 Å². The number of benzene rings is 2. The lowest BCUT2D eigenvalue weighted by atomic mass is 10.2. The minimum absolute atomic E-state index is 0.147. The van der Waals surface area contributed by atoms with Crippen molar-refractivity contribution in [2.24, 2.45) is 0 Å². The van der Waals surface area contributed by atoms with Gasteiger partial charge in [0.1, 0.15) is 12.0 Å². The lowest BCUT2D eigenvalue weighted by molar-refractivity contribution is 0.276. The van der Waals surface area contributed by atoms with Crippen LogP contribution in [0.15, 0.2) is 65.3 Å². The number of aliphatic hydroxyl groups is 1. The van der Waals surface area contributed by atoms with E-state index in [1.807, 2.05) is 47.1 Å². The van der Waals surface area contributed by atoms with Crippen LogP contribution in [0.25, 0.3) is 22.5 Å². The number of aliphatic hydroxyl groups excluding tert-OH is 1. The van der Waals surface area contributed by atoms with Gasteiger partial charge in [0, 0.05) is 5.39 Å². The van der Waals surface area contributed by atoms with Crippen LogP contribution in [-0.4, -0.2) is 19.9 Å². The maximum atomic E-state index is 9.16. The zero-order chi connectivity index (χ0) is 15.6. The second-order valence-corrected chi connectivity index (χ2v) is 5.31. The van der Waals surface area contributed by atoms with Gasteiger partial charge in [0.25, 0.3) is 0 Å². The first-order valence-electron chi connectivity index (χ1n) is 7.40. The van der Waals surface area contributed by atoms with E-state index in [-0.39, 0.29) is 6.61 Å². The number of oxazole rings is 1. The summed E-state index contributed by atoms with van der Waals surface area (Å²) < 4.78 is 7.41. The molecule has 0 fully saturated rings. The second kappa shape index (κ2) is 5.70. The minimum atomic E-state index is -0.147. The molecule has 2 aromatic heterocycles. The number of rotatable bonds is 4. The number of aromatic nitrogens is 3. The van der Waals surface area contributed by atoms with E-state index in [9.17, 15) is 0 Å². The maximum Gasteiger partial charge on any atom is 0.247 e. The van der Waals surface area contributed by atoms with Gasteiger partial charge in [0.15, 0.2) is 5.69 Å². The summed E-state index contributed by atoms with van der Waals surface area (Å²) in [6, 6.07) is 18.2. The van der Waals surface area contributed by atoms with Gasteiger partial charge in [-0.15, -0.1) is 0 Å². The molecular formula is C18H15N3O2. The summed E-state index contributed by atoms with van der Waals surface area (Å²) in [5.41, 5.74) is 3.39. The summed E-state index contributed by atoms with van der Waals surface area (Å²) >= 11 is 0. The summed E-state index contributed by atoms with van der Waals surface area (Å²) in [7, 11) is 0. The van der Waals surface area contributed by atoms with Gasteiger partial charge in [-0.3, -0.25) is 4.68 Å². The number of fused-ring (bicyclic) bond motifs is 1. The van der Waals surface area contributed by atoms with Crippen LogP contribution in [0.1, 0.15) is 11.3 Å². The highest BCUT2D eigenvalue weighted by Crippen LogP contribution is 2.27. The average molecular weight is 305 g/mol. The Kier molecular flexibility index (Phi) is 3.40. The average Bonchev–Trinajstić information content (AvgIpc) is 3.21. The van der Waals surface area contributed by atoms with E-state index in [1.165, 1.54) is 11.8 Å². The molecule has 5 heteroatoms. The first kappa shape index (κ1) is 13.7. The fraction of sp³-hybridized carbons (Fsp3) is 0.111. The third-order valence-electron chi connectivity index (χ3n) is 3.75. The Bertz CT molecular complexity index is 941. The van der Waals surface area contributed by atoms with Gasteiger partial charge in [-0.2, -0.15) is 5.10 Å². The predicted octanol–water partition coefficient (Wildman–Crippen LogP) is 3.23. The van der Waals surface area contributed by atoms with E-state index in [2.05, 4.69) is 22.2 Å². The molecule has 4 rings (SSSR count). The van der Waals surface area contributed by atoms with Crippen molar-refractivity contribution in [3.8, 4) is 11.6 Å². The van der Waals surface area contributed by atoms with Crippen molar-refractivity contribution in [2.75, 3.05) is 0 Å². The number of para-hydroxylation sites is 1. The second-order valence-electron chi connectivity index (χ2n) is 5.31. The van der Waals surface area contributed by atoms with E-state index in [0.29, 0.717) is 23.8 Å². The van der Waals surface area contributed by atoms with Crippen LogP contribution in [0.2, 0.25) is 0 Å². The first-order valence-corrected chi connectivity index (χ1v) is 7.40. The SMILES string of the molecule is OCc1coc(-c2nn(Cc3ccccc3)c3ccccc23)n1. The molecule has 2 heterocycles. The van der Waals surface area contributed by atoms with E-state index >= 15 is 0 Å². The molecule has 0 bridgehead atoms. The Morgan fingerprint density at radius 2 is 1.78 bits per heavy atom. The van der Waals surface area contributed by atoms with E-state index in [1.54, 1.807) is 0 Å². The molecule has 4 aromatic rings. The van der Waals surface area contributed by atoms with Crippen molar-refractivity contribution in [1.29, 1.82) is 0 Å². The molecule has 114 valence electrons. The molecule has 0 unspecified atom stereocenters. The predicted molar refractivity (Wildman–Crippen MR) is 86.7 cm³/mol. The highest BCUT2D eigenvalue weighted by Gasteiger charge is 2.16. The van der Waals surface area contributed by atoms with Crippen molar-refractivity contribution >= 4 is 10.9 Å². The molecule has 0 amide bonds. The third kappa shape index (κ3) is 2.51. The van der Waals surface area contributed by atoms with Crippen molar-refractivity contribution < 1.29 is 9.52 Å². The number of hydrogen-bond acceptors (Lipinski definition) is 4. The highest BCUT2D eigenvalue weighted by atomic mass is 16.3. The molecule has 0 saturated carbocycles. The van der Waals surface area contributed by atoms with Gasteiger partial charge in [-0.1, -0.05) is 48.5 Å². The number of nitrogens with zero attached hydrogens (tertiary/aromatic N) is 3. The molecule has 0 atom stereocenters. The molecule has 1 N–H and O–H groups in total. The molecule has 0 aliphatic carbocycles. The largest absolute Gasteiger partial charge is 0.443 e. The Morgan fingerprint density at radius 3 is 2.57 bits per heavy atom. The standard InChI is InChI=1S/C18H15N3O2/c22-11-14-12-23-18(19-14)17-15-8-4-5-9-16(15)21(20-17)10-13-6-2-1-3-7-13/h1-9,12,22H,10-11H2. The van der Waals surface area contributed by atoms with E-state index < -0.39 is 0 Å². The molecule has 23 heavy (non-hydrogen) atoms. The lowest BCUT2D eigenvalue weighted by Crippen LogP contribution is -2.01. The molecule has 0 saturated heterocycles. The molecule has 0 aliphatic rings. The Morgan fingerprint density at radius 1 is 1.00 bits per heavy atom. The van der Waals surface area contributed by atoms with Gasteiger partial charge in [0.05, 0.1) is 18.7 Å². The normalized spacial score (nSPS) is 11.2. The van der Waals surface area contributed by atoms with Gasteiger partial charge < -0.3 is 9.52 Å². The van der Waals surface area contributed by atoms with Crippen LogP contribution in [0.4, 0.5) is 0 Å². The van der Waals surface area contributed by atoms with Gasteiger partial charge in [-0.05, 0) is 11.6 Å². The van der Waals surface area contributed by atoms with Crippen LogP contribution in [0.3, 0.4) is 0 Å². The summed E-state index contributed by atoms with van der Waals surface area (Å²) in [5, 5.41) is 14.8. The third-order valence-corrected chi connectivity index (χ3v) is 3.75. The molecule has 0 aliphatic heterocycles. The Labute approximate surface area is 132 Å². The van der Waals surface area contributed by atoms with Gasteiger partial charge >= 0.3 is 0 Å². The summed E-state index contributed by atoms with van der Waals surface area (Å²) in [5.74, 6) is 0.428. The fourth-order valence-electron chi connectivity index (χ4n) is 2.65.